The normalized spacial score (nSPS) is 17.4. The van der Waals surface area contributed by atoms with Crippen LogP contribution in [0.1, 0.15) is 31.5 Å². The Balaban J connectivity index is 1.82. The summed E-state index contributed by atoms with van der Waals surface area (Å²) in [7, 11) is 3.69. The van der Waals surface area contributed by atoms with Crippen molar-refractivity contribution in [1.29, 1.82) is 0 Å². The molecule has 22 heavy (non-hydrogen) atoms. The molecule has 6 heteroatoms. The van der Waals surface area contributed by atoms with E-state index in [9.17, 15) is 0 Å². The van der Waals surface area contributed by atoms with E-state index in [1.165, 1.54) is 0 Å². The SMILES string of the molecule is COC1(c2noc(-c3cccc4ncn(C)c34)n2)CCCC1. The molecule has 1 saturated carbocycles. The first-order valence-electron chi connectivity index (χ1n) is 7.53. The number of benzene rings is 1. The summed E-state index contributed by atoms with van der Waals surface area (Å²) in [5.41, 5.74) is 2.43. The lowest BCUT2D eigenvalue weighted by atomic mass is 10.0. The first kappa shape index (κ1) is 13.5. The second kappa shape index (κ2) is 4.91. The van der Waals surface area contributed by atoms with Crippen LogP contribution in [0, 0.1) is 0 Å². The number of hydrogen-bond donors (Lipinski definition) is 0. The highest BCUT2D eigenvalue weighted by Gasteiger charge is 2.40. The van der Waals surface area contributed by atoms with Gasteiger partial charge in [-0.15, -0.1) is 0 Å². The van der Waals surface area contributed by atoms with Gasteiger partial charge in [0.05, 0.1) is 22.9 Å². The van der Waals surface area contributed by atoms with Gasteiger partial charge in [0.15, 0.2) is 0 Å². The number of rotatable bonds is 3. The number of nitrogens with zero attached hydrogens (tertiary/aromatic N) is 4. The molecule has 1 aliphatic carbocycles. The zero-order chi connectivity index (χ0) is 15.2. The van der Waals surface area contributed by atoms with Gasteiger partial charge < -0.3 is 13.8 Å². The van der Waals surface area contributed by atoms with Crippen LogP contribution in [0.5, 0.6) is 0 Å². The number of methoxy groups -OCH3 is 1. The monoisotopic (exact) mass is 298 g/mol. The molecule has 0 unspecified atom stereocenters. The summed E-state index contributed by atoms with van der Waals surface area (Å²) in [5, 5.41) is 4.20. The third kappa shape index (κ3) is 1.87. The molecule has 0 amide bonds. The minimum Gasteiger partial charge on any atom is -0.370 e. The van der Waals surface area contributed by atoms with E-state index in [2.05, 4.69) is 15.1 Å². The van der Waals surface area contributed by atoms with Crippen molar-refractivity contribution < 1.29 is 9.26 Å². The van der Waals surface area contributed by atoms with E-state index < -0.39 is 0 Å². The van der Waals surface area contributed by atoms with Crippen LogP contribution in [-0.4, -0.2) is 26.8 Å². The van der Waals surface area contributed by atoms with E-state index in [0.717, 1.165) is 42.3 Å². The highest BCUT2D eigenvalue weighted by atomic mass is 16.5. The Morgan fingerprint density at radius 1 is 1.27 bits per heavy atom. The van der Waals surface area contributed by atoms with Crippen LogP contribution in [0.25, 0.3) is 22.5 Å². The number of aromatic nitrogens is 4. The fourth-order valence-corrected chi connectivity index (χ4v) is 3.37. The molecule has 0 spiro atoms. The maximum Gasteiger partial charge on any atom is 0.260 e. The van der Waals surface area contributed by atoms with Crippen molar-refractivity contribution in [3.05, 3.63) is 30.4 Å². The maximum absolute atomic E-state index is 5.73. The first-order valence-corrected chi connectivity index (χ1v) is 7.53. The molecular weight excluding hydrogens is 280 g/mol. The van der Waals surface area contributed by atoms with Crippen LogP contribution in [0.2, 0.25) is 0 Å². The topological polar surface area (TPSA) is 66.0 Å². The molecule has 0 N–H and O–H groups in total. The van der Waals surface area contributed by atoms with Gasteiger partial charge in [-0.2, -0.15) is 4.98 Å². The molecular formula is C16H18N4O2. The summed E-state index contributed by atoms with van der Waals surface area (Å²) < 4.78 is 13.2. The van der Waals surface area contributed by atoms with Crippen molar-refractivity contribution in [2.45, 2.75) is 31.3 Å². The standard InChI is InChI=1S/C16H18N4O2/c1-20-10-17-12-7-5-6-11(13(12)20)14-18-15(19-22-14)16(21-2)8-3-4-9-16/h5-7,10H,3-4,8-9H2,1-2H3. The predicted octanol–water partition coefficient (Wildman–Crippen LogP) is 3.04. The van der Waals surface area contributed by atoms with E-state index in [4.69, 9.17) is 9.26 Å². The van der Waals surface area contributed by atoms with Crippen LogP contribution in [0.15, 0.2) is 29.0 Å². The van der Waals surface area contributed by atoms with Crippen molar-refractivity contribution in [2.75, 3.05) is 7.11 Å². The van der Waals surface area contributed by atoms with Crippen LogP contribution < -0.4 is 0 Å². The van der Waals surface area contributed by atoms with Gasteiger partial charge in [-0.05, 0) is 37.8 Å². The Morgan fingerprint density at radius 3 is 2.86 bits per heavy atom. The quantitative estimate of drug-likeness (QED) is 0.743. The van der Waals surface area contributed by atoms with Gasteiger partial charge in [-0.25, -0.2) is 4.98 Å². The molecule has 1 fully saturated rings. The van der Waals surface area contributed by atoms with E-state index in [1.807, 2.05) is 29.8 Å². The maximum atomic E-state index is 5.73. The lowest BCUT2D eigenvalue weighted by molar-refractivity contribution is -0.0178. The number of ether oxygens (including phenoxy) is 1. The predicted molar refractivity (Wildman–Crippen MR) is 81.2 cm³/mol. The average Bonchev–Trinajstić information content (AvgIpc) is 3.27. The van der Waals surface area contributed by atoms with Gasteiger partial charge in [0.25, 0.3) is 5.89 Å². The second-order valence-corrected chi connectivity index (χ2v) is 5.86. The highest BCUT2D eigenvalue weighted by molar-refractivity contribution is 5.89. The number of para-hydroxylation sites is 1. The Labute approximate surface area is 128 Å². The van der Waals surface area contributed by atoms with Crippen LogP contribution in [0.3, 0.4) is 0 Å². The highest BCUT2D eigenvalue weighted by Crippen LogP contribution is 2.41. The fourth-order valence-electron chi connectivity index (χ4n) is 3.37. The molecule has 0 atom stereocenters. The summed E-state index contributed by atoms with van der Waals surface area (Å²) in [6.45, 7) is 0. The van der Waals surface area contributed by atoms with Crippen LogP contribution in [0.4, 0.5) is 0 Å². The van der Waals surface area contributed by atoms with Crippen molar-refractivity contribution in [1.82, 2.24) is 19.7 Å². The van der Waals surface area contributed by atoms with Gasteiger partial charge in [-0.3, -0.25) is 0 Å². The van der Waals surface area contributed by atoms with Gasteiger partial charge in [0.1, 0.15) is 5.60 Å². The van der Waals surface area contributed by atoms with Crippen molar-refractivity contribution in [3.8, 4) is 11.5 Å². The van der Waals surface area contributed by atoms with E-state index >= 15 is 0 Å². The van der Waals surface area contributed by atoms with E-state index in [-0.39, 0.29) is 5.60 Å². The number of imidazole rings is 1. The smallest absolute Gasteiger partial charge is 0.260 e. The molecule has 4 rings (SSSR count). The summed E-state index contributed by atoms with van der Waals surface area (Å²) >= 11 is 0. The molecule has 0 saturated heterocycles. The lowest BCUT2D eigenvalue weighted by Gasteiger charge is -2.22. The molecule has 3 aromatic rings. The summed E-state index contributed by atoms with van der Waals surface area (Å²) in [5.74, 6) is 1.18. The van der Waals surface area contributed by atoms with Crippen molar-refractivity contribution in [2.24, 2.45) is 7.05 Å². The summed E-state index contributed by atoms with van der Waals surface area (Å²) in [6, 6.07) is 5.91. The molecule has 1 aromatic carbocycles. The minimum atomic E-state index is -0.387. The molecule has 114 valence electrons. The van der Waals surface area contributed by atoms with Crippen molar-refractivity contribution in [3.63, 3.8) is 0 Å². The van der Waals surface area contributed by atoms with Gasteiger partial charge in [0.2, 0.25) is 5.82 Å². The van der Waals surface area contributed by atoms with Gasteiger partial charge in [-0.1, -0.05) is 11.2 Å². The number of aryl methyl sites for hydroxylation is 1. The van der Waals surface area contributed by atoms with Gasteiger partial charge in [0, 0.05) is 14.2 Å². The first-order chi connectivity index (χ1) is 10.7. The second-order valence-electron chi connectivity index (χ2n) is 5.86. The molecule has 2 aromatic heterocycles. The Morgan fingerprint density at radius 2 is 2.09 bits per heavy atom. The molecule has 0 bridgehead atoms. The molecule has 2 heterocycles. The molecule has 0 aliphatic heterocycles. The average molecular weight is 298 g/mol. The molecule has 6 nitrogen and oxygen atoms in total. The van der Waals surface area contributed by atoms with Crippen LogP contribution >= 0.6 is 0 Å². The van der Waals surface area contributed by atoms with Crippen molar-refractivity contribution >= 4 is 11.0 Å². The Kier molecular flexibility index (Phi) is 3.00. The Hall–Kier alpha value is -2.21. The zero-order valence-corrected chi connectivity index (χ0v) is 12.7. The van der Waals surface area contributed by atoms with E-state index in [1.54, 1.807) is 13.4 Å². The largest absolute Gasteiger partial charge is 0.370 e. The summed E-state index contributed by atoms with van der Waals surface area (Å²) in [6.07, 6.45) is 5.94. The number of hydrogen-bond acceptors (Lipinski definition) is 5. The third-order valence-electron chi connectivity index (χ3n) is 4.60. The summed E-state index contributed by atoms with van der Waals surface area (Å²) in [4.78, 5) is 9.00. The lowest BCUT2D eigenvalue weighted by Crippen LogP contribution is -2.25. The Bertz CT molecular complexity index is 815. The fraction of sp³-hybridized carbons (Fsp3) is 0.438. The van der Waals surface area contributed by atoms with Gasteiger partial charge >= 0.3 is 0 Å². The molecule has 0 radical (unpaired) electrons. The zero-order valence-electron chi connectivity index (χ0n) is 12.7. The molecule has 1 aliphatic rings. The van der Waals surface area contributed by atoms with Crippen LogP contribution in [-0.2, 0) is 17.4 Å². The van der Waals surface area contributed by atoms with E-state index in [0.29, 0.717) is 11.7 Å². The number of fused-ring (bicyclic) bond motifs is 1. The third-order valence-corrected chi connectivity index (χ3v) is 4.60. The minimum absolute atomic E-state index is 0.387.